The molecule has 1 aromatic carbocycles. The molecule has 0 atom stereocenters. The van der Waals surface area contributed by atoms with Crippen molar-refractivity contribution in [2.24, 2.45) is 0 Å². The van der Waals surface area contributed by atoms with Crippen LogP contribution in [0.5, 0.6) is 5.75 Å². The number of halogens is 1. The second-order valence-electron chi connectivity index (χ2n) is 2.68. The molecule has 88 valence electrons. The summed E-state index contributed by atoms with van der Waals surface area (Å²) in [5.41, 5.74) is 0.253. The Morgan fingerprint density at radius 1 is 1.44 bits per heavy atom. The van der Waals surface area contributed by atoms with Crippen molar-refractivity contribution >= 4 is 30.0 Å². The van der Waals surface area contributed by atoms with Crippen LogP contribution in [0, 0.1) is 0 Å². The van der Waals surface area contributed by atoms with Crippen molar-refractivity contribution in [1.82, 2.24) is 0 Å². The van der Waals surface area contributed by atoms with Gasteiger partial charge in [0.25, 0.3) is 0 Å². The standard InChI is InChI=1S/C8H8BrO6P/c9-7-1-2-8(6(3-7)4-10)14-5-15-16(11,12)13/h1-4H,5H2,(H2,11,12,13). The maximum Gasteiger partial charge on any atom is 0.472 e. The van der Waals surface area contributed by atoms with Crippen molar-refractivity contribution in [2.45, 2.75) is 0 Å². The number of hydrogen-bond donors (Lipinski definition) is 2. The molecule has 8 heteroatoms. The van der Waals surface area contributed by atoms with Crippen molar-refractivity contribution in [3.8, 4) is 5.75 Å². The molecule has 0 aliphatic rings. The van der Waals surface area contributed by atoms with Gasteiger partial charge in [-0.05, 0) is 18.2 Å². The van der Waals surface area contributed by atoms with Gasteiger partial charge in [-0.1, -0.05) is 15.9 Å². The highest BCUT2D eigenvalue weighted by Crippen LogP contribution is 2.35. The van der Waals surface area contributed by atoms with Gasteiger partial charge in [-0.25, -0.2) is 9.09 Å². The van der Waals surface area contributed by atoms with E-state index in [0.29, 0.717) is 10.8 Å². The van der Waals surface area contributed by atoms with Gasteiger partial charge in [-0.2, -0.15) is 0 Å². The Hall–Kier alpha value is -0.720. The maximum absolute atomic E-state index is 10.6. The Balaban J connectivity index is 2.67. The topological polar surface area (TPSA) is 93.1 Å². The number of ether oxygens (including phenoxy) is 1. The Kier molecular flexibility index (Phi) is 4.64. The summed E-state index contributed by atoms with van der Waals surface area (Å²) < 4.78 is 20.0. The van der Waals surface area contributed by atoms with Crippen molar-refractivity contribution in [3.63, 3.8) is 0 Å². The first-order chi connectivity index (χ1) is 7.42. The summed E-state index contributed by atoms with van der Waals surface area (Å²) in [6.07, 6.45) is 0.567. The summed E-state index contributed by atoms with van der Waals surface area (Å²) in [6, 6.07) is 4.62. The second kappa shape index (κ2) is 5.56. The summed E-state index contributed by atoms with van der Waals surface area (Å²) in [6.45, 7) is -0.632. The molecule has 2 N–H and O–H groups in total. The minimum Gasteiger partial charge on any atom is -0.466 e. The van der Waals surface area contributed by atoms with E-state index < -0.39 is 14.6 Å². The Morgan fingerprint density at radius 2 is 2.12 bits per heavy atom. The van der Waals surface area contributed by atoms with Gasteiger partial charge < -0.3 is 14.5 Å². The smallest absolute Gasteiger partial charge is 0.466 e. The molecule has 1 rings (SSSR count). The molecule has 0 saturated carbocycles. The summed E-state index contributed by atoms with van der Waals surface area (Å²) in [4.78, 5) is 27.4. The fourth-order valence-electron chi connectivity index (χ4n) is 0.901. The van der Waals surface area contributed by atoms with Crippen molar-refractivity contribution < 1.29 is 28.4 Å². The number of hydrogen-bond acceptors (Lipinski definition) is 4. The van der Waals surface area contributed by atoms with Crippen LogP contribution in [-0.2, 0) is 9.09 Å². The molecular weight excluding hydrogens is 303 g/mol. The second-order valence-corrected chi connectivity index (χ2v) is 4.84. The van der Waals surface area contributed by atoms with Crippen LogP contribution in [0.15, 0.2) is 22.7 Å². The first-order valence-electron chi connectivity index (χ1n) is 4.00. The number of phosphoric acid groups is 1. The predicted molar refractivity (Wildman–Crippen MR) is 58.2 cm³/mol. The molecule has 0 fully saturated rings. The zero-order chi connectivity index (χ0) is 12.2. The third kappa shape index (κ3) is 4.42. The van der Waals surface area contributed by atoms with Crippen molar-refractivity contribution in [2.75, 3.05) is 6.79 Å². The van der Waals surface area contributed by atoms with E-state index in [0.717, 1.165) is 0 Å². The van der Waals surface area contributed by atoms with E-state index in [1.807, 2.05) is 0 Å². The summed E-state index contributed by atoms with van der Waals surface area (Å²) in [7, 11) is -4.56. The highest BCUT2D eigenvalue weighted by molar-refractivity contribution is 9.10. The van der Waals surface area contributed by atoms with Gasteiger partial charge in [0.15, 0.2) is 13.1 Å². The van der Waals surface area contributed by atoms with Crippen LogP contribution in [0.1, 0.15) is 10.4 Å². The molecule has 0 aliphatic heterocycles. The first-order valence-corrected chi connectivity index (χ1v) is 6.32. The quantitative estimate of drug-likeness (QED) is 0.488. The first kappa shape index (κ1) is 13.3. The van der Waals surface area contributed by atoms with E-state index in [1.54, 1.807) is 6.07 Å². The van der Waals surface area contributed by atoms with E-state index >= 15 is 0 Å². The van der Waals surface area contributed by atoms with Gasteiger partial charge in [0.1, 0.15) is 5.75 Å². The van der Waals surface area contributed by atoms with E-state index in [-0.39, 0.29) is 11.3 Å². The third-order valence-electron chi connectivity index (χ3n) is 1.53. The lowest BCUT2D eigenvalue weighted by Gasteiger charge is -2.09. The van der Waals surface area contributed by atoms with Crippen LogP contribution in [0.3, 0.4) is 0 Å². The van der Waals surface area contributed by atoms with Crippen LogP contribution >= 0.6 is 23.8 Å². The monoisotopic (exact) mass is 310 g/mol. The zero-order valence-electron chi connectivity index (χ0n) is 7.87. The maximum atomic E-state index is 10.6. The number of phosphoric ester groups is 1. The van der Waals surface area contributed by atoms with Crippen molar-refractivity contribution in [1.29, 1.82) is 0 Å². The Morgan fingerprint density at radius 3 is 2.69 bits per heavy atom. The molecule has 6 nitrogen and oxygen atoms in total. The molecule has 0 spiro atoms. The summed E-state index contributed by atoms with van der Waals surface area (Å²) >= 11 is 3.17. The molecule has 16 heavy (non-hydrogen) atoms. The number of rotatable bonds is 5. The van der Waals surface area contributed by atoms with E-state index in [9.17, 15) is 9.36 Å². The lowest BCUT2D eigenvalue weighted by atomic mass is 10.2. The molecular formula is C8H8BrO6P. The zero-order valence-corrected chi connectivity index (χ0v) is 10.3. The Labute approximate surface area is 99.6 Å². The highest BCUT2D eigenvalue weighted by Gasteiger charge is 2.14. The minimum atomic E-state index is -4.56. The SMILES string of the molecule is O=Cc1cc(Br)ccc1OCOP(=O)(O)O. The van der Waals surface area contributed by atoms with Crippen LogP contribution in [0.25, 0.3) is 0 Å². The fourth-order valence-corrected chi connectivity index (χ4v) is 1.47. The van der Waals surface area contributed by atoms with Gasteiger partial charge >= 0.3 is 7.82 Å². The Bertz CT molecular complexity index is 429. The third-order valence-corrected chi connectivity index (χ3v) is 2.47. The molecule has 0 saturated heterocycles. The number of carbonyl (C=O) groups excluding carboxylic acids is 1. The van der Waals surface area contributed by atoms with Gasteiger partial charge in [-0.15, -0.1) is 0 Å². The number of aldehydes is 1. The number of benzene rings is 1. The van der Waals surface area contributed by atoms with Gasteiger partial charge in [0, 0.05) is 4.47 Å². The van der Waals surface area contributed by atoms with Gasteiger partial charge in [-0.3, -0.25) is 4.79 Å². The molecule has 0 heterocycles. The minimum absolute atomic E-state index is 0.187. The summed E-state index contributed by atoms with van der Waals surface area (Å²) in [5, 5.41) is 0. The lowest BCUT2D eigenvalue weighted by molar-refractivity contribution is 0.0819. The molecule has 1 aromatic rings. The normalized spacial score (nSPS) is 11.2. The van der Waals surface area contributed by atoms with E-state index in [4.69, 9.17) is 14.5 Å². The molecule has 0 amide bonds. The average Bonchev–Trinajstić information content (AvgIpc) is 2.18. The van der Waals surface area contributed by atoms with Gasteiger partial charge in [0.05, 0.1) is 5.56 Å². The highest BCUT2D eigenvalue weighted by atomic mass is 79.9. The lowest BCUT2D eigenvalue weighted by Crippen LogP contribution is -2.02. The van der Waals surface area contributed by atoms with Crippen LogP contribution in [0.2, 0.25) is 0 Å². The molecule has 0 aromatic heterocycles. The molecule has 0 unspecified atom stereocenters. The van der Waals surface area contributed by atoms with E-state index in [2.05, 4.69) is 20.5 Å². The molecule has 0 aliphatic carbocycles. The van der Waals surface area contributed by atoms with Crippen LogP contribution in [-0.4, -0.2) is 22.9 Å². The van der Waals surface area contributed by atoms with Crippen LogP contribution < -0.4 is 4.74 Å². The van der Waals surface area contributed by atoms with Gasteiger partial charge in [0.2, 0.25) is 0 Å². The molecule has 0 radical (unpaired) electrons. The predicted octanol–water partition coefficient (Wildman–Crippen LogP) is 1.71. The summed E-state index contributed by atoms with van der Waals surface area (Å²) in [5.74, 6) is 0.187. The fraction of sp³-hybridized carbons (Fsp3) is 0.125. The van der Waals surface area contributed by atoms with Crippen molar-refractivity contribution in [3.05, 3.63) is 28.2 Å². The number of carbonyl (C=O) groups is 1. The average molecular weight is 311 g/mol. The van der Waals surface area contributed by atoms with E-state index in [1.165, 1.54) is 12.1 Å². The largest absolute Gasteiger partial charge is 0.472 e. The van der Waals surface area contributed by atoms with Crippen LogP contribution in [0.4, 0.5) is 0 Å². The molecule has 0 bridgehead atoms.